The molecule has 0 atom stereocenters. The lowest BCUT2D eigenvalue weighted by atomic mass is 9.73. The van der Waals surface area contributed by atoms with E-state index in [1.165, 1.54) is 60.7 Å². The number of ether oxygens (including phenoxy) is 2. The number of hydrogen-bond donors (Lipinski definition) is 0. The van der Waals surface area contributed by atoms with Crippen molar-refractivity contribution in [1.29, 1.82) is 0 Å². The van der Waals surface area contributed by atoms with Gasteiger partial charge in [0.2, 0.25) is 5.41 Å². The molecule has 6 aromatic rings. The van der Waals surface area contributed by atoms with E-state index in [1.54, 1.807) is 24.3 Å². The lowest BCUT2D eigenvalue weighted by Gasteiger charge is -2.38. The standard InChI is InChI=1S/C42H27F7O4/c1-26-2-4-27(5-3-26)38(50)29-8-18-34(19-9-29)52-36-22-12-31(13-23-36)40(41(44,45)46,42(47,48)49)32-14-24-37(25-15-32)53-35-20-10-30(11-21-35)39(51)28-6-16-33(43)17-7-28/h2-25H,1H3. The molecule has 0 radical (unpaired) electrons. The fourth-order valence-electron chi connectivity index (χ4n) is 5.79. The molecule has 6 aromatic carbocycles. The highest BCUT2D eigenvalue weighted by Crippen LogP contribution is 2.56. The quantitative estimate of drug-likeness (QED) is 0.104. The maximum absolute atomic E-state index is 14.8. The molecule has 0 amide bonds. The Labute approximate surface area is 299 Å². The molecule has 0 heterocycles. The molecule has 0 aliphatic heterocycles. The summed E-state index contributed by atoms with van der Waals surface area (Å²) >= 11 is 0. The normalized spacial score (nSPS) is 11.9. The van der Waals surface area contributed by atoms with Crippen LogP contribution < -0.4 is 9.47 Å². The Morgan fingerprint density at radius 1 is 0.415 bits per heavy atom. The Balaban J connectivity index is 1.20. The lowest BCUT2D eigenvalue weighted by molar-refractivity contribution is -0.288. The van der Waals surface area contributed by atoms with Gasteiger partial charge in [0.1, 0.15) is 28.8 Å². The molecule has 6 rings (SSSR count). The number of carbonyl (C=O) groups is 2. The van der Waals surface area contributed by atoms with Crippen molar-refractivity contribution in [1.82, 2.24) is 0 Å². The van der Waals surface area contributed by atoms with Gasteiger partial charge in [0.15, 0.2) is 11.6 Å². The highest BCUT2D eigenvalue weighted by molar-refractivity contribution is 6.09. The Bertz CT molecular complexity index is 2040. The zero-order valence-corrected chi connectivity index (χ0v) is 27.6. The predicted octanol–water partition coefficient (Wildman–Crippen LogP) is 11.6. The Morgan fingerprint density at radius 3 is 0.981 bits per heavy atom. The van der Waals surface area contributed by atoms with E-state index in [0.717, 1.165) is 42.0 Å². The average Bonchev–Trinajstić information content (AvgIpc) is 3.13. The number of alkyl halides is 6. The molecule has 4 nitrogen and oxygen atoms in total. The van der Waals surface area contributed by atoms with Gasteiger partial charge in [-0.05, 0) is 115 Å². The number of benzene rings is 6. The summed E-state index contributed by atoms with van der Waals surface area (Å²) in [6, 6.07) is 30.4. The van der Waals surface area contributed by atoms with Crippen molar-refractivity contribution in [2.75, 3.05) is 0 Å². The van der Waals surface area contributed by atoms with Crippen molar-refractivity contribution in [3.05, 3.63) is 190 Å². The third-order valence-electron chi connectivity index (χ3n) is 8.55. The van der Waals surface area contributed by atoms with Crippen molar-refractivity contribution in [2.45, 2.75) is 24.7 Å². The maximum Gasteiger partial charge on any atom is 0.411 e. The summed E-state index contributed by atoms with van der Waals surface area (Å²) < 4.78 is 113. The molecule has 53 heavy (non-hydrogen) atoms. The molecule has 0 saturated carbocycles. The van der Waals surface area contributed by atoms with Crippen LogP contribution >= 0.6 is 0 Å². The van der Waals surface area contributed by atoms with Crippen LogP contribution in [0.3, 0.4) is 0 Å². The van der Waals surface area contributed by atoms with E-state index in [0.29, 0.717) is 35.4 Å². The van der Waals surface area contributed by atoms with Crippen LogP contribution in [0.15, 0.2) is 146 Å². The second-order valence-corrected chi connectivity index (χ2v) is 12.1. The number of halogens is 7. The van der Waals surface area contributed by atoms with Crippen LogP contribution in [0, 0.1) is 12.7 Å². The second-order valence-electron chi connectivity index (χ2n) is 12.1. The molecule has 0 fully saturated rings. The maximum atomic E-state index is 14.8. The van der Waals surface area contributed by atoms with Crippen molar-refractivity contribution >= 4 is 11.6 Å². The van der Waals surface area contributed by atoms with Crippen LogP contribution in [-0.4, -0.2) is 23.9 Å². The first-order chi connectivity index (χ1) is 25.2. The first-order valence-electron chi connectivity index (χ1n) is 16.0. The van der Waals surface area contributed by atoms with Gasteiger partial charge in [0.25, 0.3) is 0 Å². The fourth-order valence-corrected chi connectivity index (χ4v) is 5.79. The summed E-state index contributed by atoms with van der Waals surface area (Å²) in [7, 11) is 0. The molecule has 0 saturated heterocycles. The third-order valence-corrected chi connectivity index (χ3v) is 8.55. The zero-order valence-electron chi connectivity index (χ0n) is 27.6. The molecule has 0 aliphatic carbocycles. The van der Waals surface area contributed by atoms with E-state index >= 15 is 0 Å². The van der Waals surface area contributed by atoms with Crippen LogP contribution in [0.25, 0.3) is 0 Å². The lowest BCUT2D eigenvalue weighted by Crippen LogP contribution is -2.54. The summed E-state index contributed by atoms with van der Waals surface area (Å²) in [6.07, 6.45) is -11.6. The summed E-state index contributed by atoms with van der Waals surface area (Å²) in [5, 5.41) is 0. The second kappa shape index (κ2) is 14.4. The van der Waals surface area contributed by atoms with Gasteiger partial charge in [0.05, 0.1) is 0 Å². The highest BCUT2D eigenvalue weighted by Gasteiger charge is 2.72. The SMILES string of the molecule is Cc1ccc(C(=O)c2ccc(Oc3ccc(C(c4ccc(Oc5ccc(C(=O)c6ccc(F)cc6)cc5)cc4)(C(F)(F)F)C(F)(F)F)cc3)cc2)cc1. The summed E-state index contributed by atoms with van der Waals surface area (Å²) in [5.74, 6) is -0.844. The molecule has 0 bridgehead atoms. The Morgan fingerprint density at radius 2 is 0.679 bits per heavy atom. The smallest absolute Gasteiger partial charge is 0.411 e. The Hall–Kier alpha value is -6.23. The fraction of sp³-hybridized carbons (Fsp3) is 0.0952. The molecular formula is C42H27F7O4. The van der Waals surface area contributed by atoms with E-state index in [-0.39, 0.29) is 39.9 Å². The first kappa shape index (κ1) is 36.6. The van der Waals surface area contributed by atoms with Crippen LogP contribution in [0.4, 0.5) is 30.7 Å². The largest absolute Gasteiger partial charge is 0.457 e. The van der Waals surface area contributed by atoms with Gasteiger partial charge in [-0.2, -0.15) is 26.3 Å². The molecule has 0 aliphatic rings. The number of carbonyl (C=O) groups excluding carboxylic acids is 2. The molecule has 0 aromatic heterocycles. The van der Waals surface area contributed by atoms with Crippen molar-refractivity contribution < 1.29 is 49.8 Å². The van der Waals surface area contributed by atoms with E-state index in [1.807, 2.05) is 6.92 Å². The molecule has 0 N–H and O–H groups in total. The average molecular weight is 729 g/mol. The third kappa shape index (κ3) is 7.55. The van der Waals surface area contributed by atoms with Gasteiger partial charge in [-0.3, -0.25) is 9.59 Å². The van der Waals surface area contributed by atoms with Crippen LogP contribution in [0.1, 0.15) is 48.5 Å². The predicted molar refractivity (Wildman–Crippen MR) is 183 cm³/mol. The van der Waals surface area contributed by atoms with Gasteiger partial charge in [-0.1, -0.05) is 54.1 Å². The van der Waals surface area contributed by atoms with E-state index in [4.69, 9.17) is 9.47 Å². The molecule has 268 valence electrons. The van der Waals surface area contributed by atoms with Crippen LogP contribution in [0.2, 0.25) is 0 Å². The van der Waals surface area contributed by atoms with E-state index in [2.05, 4.69) is 0 Å². The van der Waals surface area contributed by atoms with Crippen molar-refractivity contribution in [2.24, 2.45) is 0 Å². The monoisotopic (exact) mass is 728 g/mol. The topological polar surface area (TPSA) is 52.6 Å². The van der Waals surface area contributed by atoms with Gasteiger partial charge in [0, 0.05) is 22.3 Å². The highest BCUT2D eigenvalue weighted by atomic mass is 19.4. The summed E-state index contributed by atoms with van der Waals surface area (Å²) in [6.45, 7) is 1.89. The first-order valence-corrected chi connectivity index (χ1v) is 16.0. The minimum atomic E-state index is -5.82. The summed E-state index contributed by atoms with van der Waals surface area (Å²) in [5.41, 5.74) is -4.26. The zero-order chi connectivity index (χ0) is 38.0. The van der Waals surface area contributed by atoms with Gasteiger partial charge in [-0.15, -0.1) is 0 Å². The molecule has 0 unspecified atom stereocenters. The summed E-state index contributed by atoms with van der Waals surface area (Å²) in [4.78, 5) is 25.4. The van der Waals surface area contributed by atoms with Crippen molar-refractivity contribution in [3.8, 4) is 23.0 Å². The number of aryl methyl sites for hydroxylation is 1. The van der Waals surface area contributed by atoms with Gasteiger partial charge < -0.3 is 9.47 Å². The number of rotatable bonds is 10. The minimum Gasteiger partial charge on any atom is -0.457 e. The van der Waals surface area contributed by atoms with Crippen LogP contribution in [0.5, 0.6) is 23.0 Å². The van der Waals surface area contributed by atoms with Gasteiger partial charge in [-0.25, -0.2) is 4.39 Å². The Kier molecular flexibility index (Phi) is 9.94. The molecule has 11 heteroatoms. The molecule has 0 spiro atoms. The van der Waals surface area contributed by atoms with E-state index in [9.17, 15) is 40.3 Å². The van der Waals surface area contributed by atoms with Crippen molar-refractivity contribution in [3.63, 3.8) is 0 Å². The van der Waals surface area contributed by atoms with E-state index < -0.39 is 40.5 Å². The number of ketones is 2. The minimum absolute atomic E-state index is 0.0289. The van der Waals surface area contributed by atoms with Crippen LogP contribution in [-0.2, 0) is 5.41 Å². The number of hydrogen-bond acceptors (Lipinski definition) is 4. The van der Waals surface area contributed by atoms with Gasteiger partial charge >= 0.3 is 12.4 Å². The molecular weight excluding hydrogens is 701 g/mol.